The second kappa shape index (κ2) is 9.37. The molecule has 0 radical (unpaired) electrons. The Balaban J connectivity index is 1.76. The average Bonchev–Trinajstić information content (AvgIpc) is 3.26. The largest absolute Gasteiger partial charge is 0.467 e. The molecule has 2 heterocycles. The van der Waals surface area contributed by atoms with Gasteiger partial charge < -0.3 is 24.1 Å². The van der Waals surface area contributed by atoms with E-state index in [2.05, 4.69) is 4.90 Å². The number of likely N-dealkylation sites (tertiary alicyclic amines) is 1. The Bertz CT molecular complexity index is 724. The highest BCUT2D eigenvalue weighted by atomic mass is 16.5. The van der Waals surface area contributed by atoms with Crippen LogP contribution in [0.2, 0.25) is 0 Å². The first-order valence-corrected chi connectivity index (χ1v) is 9.90. The molecule has 1 fully saturated rings. The summed E-state index contributed by atoms with van der Waals surface area (Å²) >= 11 is 0. The highest BCUT2D eigenvalue weighted by Gasteiger charge is 2.43. The number of hydrogen-bond donors (Lipinski definition) is 1. The van der Waals surface area contributed by atoms with Gasteiger partial charge in [-0.1, -0.05) is 25.1 Å². The lowest BCUT2D eigenvalue weighted by Gasteiger charge is -2.48. The van der Waals surface area contributed by atoms with E-state index in [4.69, 9.17) is 9.15 Å². The third kappa shape index (κ3) is 4.46. The van der Waals surface area contributed by atoms with Gasteiger partial charge in [0.25, 0.3) is 0 Å². The summed E-state index contributed by atoms with van der Waals surface area (Å²) in [4.78, 5) is 17.1. The minimum atomic E-state index is -0.646. The summed E-state index contributed by atoms with van der Waals surface area (Å²) in [6.45, 7) is 4.46. The summed E-state index contributed by atoms with van der Waals surface area (Å²) in [5.41, 5.74) is 0.533. The van der Waals surface area contributed by atoms with E-state index in [0.717, 1.165) is 31.6 Å². The Hall–Kier alpha value is -2.15. The summed E-state index contributed by atoms with van der Waals surface area (Å²) < 4.78 is 10.9. The highest BCUT2D eigenvalue weighted by Crippen LogP contribution is 2.35. The number of methoxy groups -OCH3 is 1. The molecule has 0 spiro atoms. The van der Waals surface area contributed by atoms with Crippen molar-refractivity contribution in [3.05, 3.63) is 54.5 Å². The van der Waals surface area contributed by atoms with Gasteiger partial charge in [-0.25, -0.2) is 0 Å². The number of benzene rings is 1. The van der Waals surface area contributed by atoms with Crippen molar-refractivity contribution < 1.29 is 19.1 Å². The van der Waals surface area contributed by atoms with E-state index < -0.39 is 6.10 Å². The van der Waals surface area contributed by atoms with Crippen LogP contribution in [0.4, 0.5) is 5.69 Å². The van der Waals surface area contributed by atoms with E-state index >= 15 is 0 Å². The zero-order valence-corrected chi connectivity index (χ0v) is 16.7. The third-order valence-electron chi connectivity index (χ3n) is 5.54. The second-order valence-electron chi connectivity index (χ2n) is 7.41. The molecule has 1 aliphatic rings. The van der Waals surface area contributed by atoms with Gasteiger partial charge in [-0.3, -0.25) is 4.79 Å². The number of carbonyl (C=O) groups excluding carboxylic acids is 1. The van der Waals surface area contributed by atoms with Crippen LogP contribution in [0.3, 0.4) is 0 Å². The fraction of sp³-hybridized carbons (Fsp3) is 0.500. The van der Waals surface area contributed by atoms with Gasteiger partial charge in [0.1, 0.15) is 11.9 Å². The van der Waals surface area contributed by atoms with Crippen LogP contribution >= 0.6 is 0 Å². The van der Waals surface area contributed by atoms with E-state index in [1.54, 1.807) is 25.5 Å². The van der Waals surface area contributed by atoms with Gasteiger partial charge in [-0.2, -0.15) is 0 Å². The van der Waals surface area contributed by atoms with Crippen LogP contribution in [-0.2, 0) is 9.53 Å². The van der Waals surface area contributed by atoms with Gasteiger partial charge in [-0.15, -0.1) is 0 Å². The van der Waals surface area contributed by atoms with Crippen molar-refractivity contribution in [1.82, 2.24) is 4.90 Å². The molecule has 0 aliphatic carbocycles. The number of anilines is 1. The maximum atomic E-state index is 12.9. The lowest BCUT2D eigenvalue weighted by molar-refractivity contribution is -0.120. The van der Waals surface area contributed by atoms with Crippen LogP contribution < -0.4 is 4.90 Å². The molecule has 1 aromatic carbocycles. The third-order valence-corrected chi connectivity index (χ3v) is 5.54. The Morgan fingerprint density at radius 1 is 1.25 bits per heavy atom. The smallest absolute Gasteiger partial charge is 0.227 e. The van der Waals surface area contributed by atoms with Crippen molar-refractivity contribution in [3.8, 4) is 0 Å². The van der Waals surface area contributed by atoms with E-state index in [1.807, 2.05) is 42.2 Å². The van der Waals surface area contributed by atoms with E-state index in [-0.39, 0.29) is 11.4 Å². The van der Waals surface area contributed by atoms with Gasteiger partial charge in [-0.05, 0) is 37.1 Å². The zero-order chi connectivity index (χ0) is 20.0. The van der Waals surface area contributed by atoms with Crippen molar-refractivity contribution in [1.29, 1.82) is 0 Å². The second-order valence-corrected chi connectivity index (χ2v) is 7.41. The summed E-state index contributed by atoms with van der Waals surface area (Å²) in [6.07, 6.45) is 2.94. The molecule has 0 bridgehead atoms. The quantitative estimate of drug-likeness (QED) is 0.754. The number of hydrogen-bond acceptors (Lipinski definition) is 5. The number of β-amino-alcohol motifs (C(OH)–C–C–N with tert-alkyl or cyclic N) is 1. The standard InChI is InChI=1S/C22H30N2O4/c1-3-21(26)24(18-8-5-4-6-9-18)22(17-27-2)11-13-23(14-12-22)16-19(25)20-10-7-15-28-20/h4-10,15,19,25H,3,11-14,16-17H2,1-2H3. The predicted octanol–water partition coefficient (Wildman–Crippen LogP) is 3.24. The van der Waals surface area contributed by atoms with Gasteiger partial charge in [0.05, 0.1) is 18.4 Å². The summed E-state index contributed by atoms with van der Waals surface area (Å²) in [5, 5.41) is 10.4. The number of nitrogens with zero attached hydrogens (tertiary/aromatic N) is 2. The van der Waals surface area contributed by atoms with Crippen molar-refractivity contribution in [2.24, 2.45) is 0 Å². The van der Waals surface area contributed by atoms with E-state index in [9.17, 15) is 9.90 Å². The first kappa shape index (κ1) is 20.6. The molecule has 1 N–H and O–H groups in total. The number of piperidine rings is 1. The molecular formula is C22H30N2O4. The van der Waals surface area contributed by atoms with Crippen LogP contribution in [0, 0.1) is 0 Å². The molecule has 1 aliphatic heterocycles. The maximum Gasteiger partial charge on any atom is 0.227 e. The van der Waals surface area contributed by atoms with Crippen molar-refractivity contribution in [2.75, 3.05) is 38.3 Å². The molecule has 1 aromatic heterocycles. The lowest BCUT2D eigenvalue weighted by Crippen LogP contribution is -2.60. The molecule has 0 saturated carbocycles. The molecule has 28 heavy (non-hydrogen) atoms. The minimum absolute atomic E-state index is 0.104. The number of aliphatic hydroxyl groups excluding tert-OH is 1. The van der Waals surface area contributed by atoms with Crippen molar-refractivity contribution in [2.45, 2.75) is 37.8 Å². The normalized spacial score (nSPS) is 18.0. The molecule has 6 heteroatoms. The number of para-hydroxylation sites is 1. The Kier molecular flexibility index (Phi) is 6.88. The molecular weight excluding hydrogens is 356 g/mol. The molecule has 1 atom stereocenters. The Labute approximate surface area is 166 Å². The van der Waals surface area contributed by atoms with Gasteiger partial charge in [0.15, 0.2) is 0 Å². The monoisotopic (exact) mass is 386 g/mol. The van der Waals surface area contributed by atoms with E-state index in [0.29, 0.717) is 25.3 Å². The predicted molar refractivity (Wildman–Crippen MR) is 108 cm³/mol. The number of carbonyl (C=O) groups is 1. The average molecular weight is 386 g/mol. The van der Waals surface area contributed by atoms with Gasteiger partial charge in [0.2, 0.25) is 5.91 Å². The van der Waals surface area contributed by atoms with Crippen LogP contribution in [0.1, 0.15) is 38.1 Å². The summed E-state index contributed by atoms with van der Waals surface area (Å²) in [5.74, 6) is 0.688. The molecule has 3 rings (SSSR count). The number of amides is 1. The fourth-order valence-electron chi connectivity index (χ4n) is 4.09. The number of furan rings is 1. The number of rotatable bonds is 8. The molecule has 1 amide bonds. The lowest BCUT2D eigenvalue weighted by atomic mass is 9.85. The molecule has 1 saturated heterocycles. The molecule has 2 aromatic rings. The number of aliphatic hydroxyl groups is 1. The fourth-order valence-corrected chi connectivity index (χ4v) is 4.09. The molecule has 1 unspecified atom stereocenters. The summed E-state index contributed by atoms with van der Waals surface area (Å²) in [6, 6.07) is 13.4. The van der Waals surface area contributed by atoms with Crippen molar-refractivity contribution in [3.63, 3.8) is 0 Å². The van der Waals surface area contributed by atoms with Crippen LogP contribution in [0.5, 0.6) is 0 Å². The Morgan fingerprint density at radius 2 is 1.96 bits per heavy atom. The van der Waals surface area contributed by atoms with Crippen LogP contribution in [0.25, 0.3) is 0 Å². The molecule has 152 valence electrons. The van der Waals surface area contributed by atoms with Gasteiger partial charge in [0, 0.05) is 38.9 Å². The maximum absolute atomic E-state index is 12.9. The minimum Gasteiger partial charge on any atom is -0.467 e. The zero-order valence-electron chi connectivity index (χ0n) is 16.7. The van der Waals surface area contributed by atoms with Gasteiger partial charge >= 0.3 is 0 Å². The Morgan fingerprint density at radius 3 is 2.54 bits per heavy atom. The van der Waals surface area contributed by atoms with E-state index in [1.165, 1.54) is 0 Å². The SMILES string of the molecule is CCC(=O)N(c1ccccc1)C1(COC)CCN(CC(O)c2ccco2)CC1. The summed E-state index contributed by atoms with van der Waals surface area (Å²) in [7, 11) is 1.69. The molecule has 6 nitrogen and oxygen atoms in total. The first-order valence-electron chi connectivity index (χ1n) is 9.90. The topological polar surface area (TPSA) is 66.2 Å². The first-order chi connectivity index (χ1) is 13.6. The highest BCUT2D eigenvalue weighted by molar-refractivity contribution is 5.94. The van der Waals surface area contributed by atoms with Crippen LogP contribution in [-0.4, -0.2) is 54.8 Å². The van der Waals surface area contributed by atoms with Crippen molar-refractivity contribution >= 4 is 11.6 Å². The number of ether oxygens (including phenoxy) is 1. The van der Waals surface area contributed by atoms with Crippen LogP contribution in [0.15, 0.2) is 53.1 Å².